The first-order valence-electron chi connectivity index (χ1n) is 4.24. The predicted octanol–water partition coefficient (Wildman–Crippen LogP) is 2.71. The van der Waals surface area contributed by atoms with E-state index in [0.717, 1.165) is 20.7 Å². The fraction of sp³-hybridized carbons (Fsp3) is 0.400. The summed E-state index contributed by atoms with van der Waals surface area (Å²) < 4.78 is 6.21. The van der Waals surface area contributed by atoms with Gasteiger partial charge >= 0.3 is 0 Å². The summed E-state index contributed by atoms with van der Waals surface area (Å²) in [4.78, 5) is 1.09. The van der Waals surface area contributed by atoms with Crippen molar-refractivity contribution >= 4 is 27.7 Å². The summed E-state index contributed by atoms with van der Waals surface area (Å²) >= 11 is 5.09. The van der Waals surface area contributed by atoms with Gasteiger partial charge in [-0.15, -0.1) is 11.8 Å². The number of hydrogen-bond acceptors (Lipinski definition) is 3. The fourth-order valence-corrected chi connectivity index (χ4v) is 2.69. The largest absolute Gasteiger partial charge is 0.494 e. The third-order valence-electron chi connectivity index (χ3n) is 1.89. The number of aliphatic hydroxyl groups excluding tert-OH is 1. The van der Waals surface area contributed by atoms with Gasteiger partial charge in [-0.3, -0.25) is 0 Å². The summed E-state index contributed by atoms with van der Waals surface area (Å²) in [6.07, 6.45) is 2.68. The zero-order chi connectivity index (χ0) is 10.6. The van der Waals surface area contributed by atoms with E-state index in [1.165, 1.54) is 0 Å². The van der Waals surface area contributed by atoms with E-state index in [2.05, 4.69) is 15.9 Å². The van der Waals surface area contributed by atoms with Gasteiger partial charge in [-0.05, 0) is 46.3 Å². The van der Waals surface area contributed by atoms with Crippen LogP contribution >= 0.6 is 27.7 Å². The molecule has 1 N–H and O–H groups in total. The summed E-state index contributed by atoms with van der Waals surface area (Å²) in [5.41, 5.74) is 1.12. The maximum atomic E-state index is 8.85. The van der Waals surface area contributed by atoms with Crippen molar-refractivity contribution < 1.29 is 9.84 Å². The van der Waals surface area contributed by atoms with Crippen LogP contribution in [-0.2, 0) is 6.42 Å². The molecule has 0 saturated heterocycles. The van der Waals surface area contributed by atoms with Crippen molar-refractivity contribution in [2.75, 3.05) is 20.0 Å². The molecule has 0 aliphatic carbocycles. The molecule has 0 amide bonds. The Kier molecular flexibility index (Phi) is 4.78. The van der Waals surface area contributed by atoms with E-state index in [1.807, 2.05) is 18.4 Å². The molecule has 1 aromatic carbocycles. The highest BCUT2D eigenvalue weighted by Crippen LogP contribution is 2.36. The average Bonchev–Trinajstić information content (AvgIpc) is 2.17. The van der Waals surface area contributed by atoms with Gasteiger partial charge in [0.05, 0.1) is 16.5 Å². The van der Waals surface area contributed by atoms with E-state index in [9.17, 15) is 0 Å². The first kappa shape index (κ1) is 11.9. The van der Waals surface area contributed by atoms with Gasteiger partial charge in [0.15, 0.2) is 0 Å². The highest BCUT2D eigenvalue weighted by molar-refractivity contribution is 9.10. The SMILES string of the molecule is COc1c(Br)cc(CCO)cc1SC. The summed E-state index contributed by atoms with van der Waals surface area (Å²) in [7, 11) is 1.66. The van der Waals surface area contributed by atoms with Crippen molar-refractivity contribution in [3.05, 3.63) is 22.2 Å². The van der Waals surface area contributed by atoms with Crippen molar-refractivity contribution in [1.82, 2.24) is 0 Å². The number of rotatable bonds is 4. The van der Waals surface area contributed by atoms with Gasteiger partial charge in [0.1, 0.15) is 5.75 Å². The molecule has 0 radical (unpaired) electrons. The van der Waals surface area contributed by atoms with Gasteiger partial charge in [0, 0.05) is 6.61 Å². The summed E-state index contributed by atoms with van der Waals surface area (Å²) in [5.74, 6) is 0.860. The van der Waals surface area contributed by atoms with Gasteiger partial charge < -0.3 is 9.84 Å². The van der Waals surface area contributed by atoms with Gasteiger partial charge in [0.25, 0.3) is 0 Å². The molecule has 14 heavy (non-hydrogen) atoms. The number of aliphatic hydroxyl groups is 1. The predicted molar refractivity (Wildman–Crippen MR) is 63.3 cm³/mol. The Morgan fingerprint density at radius 3 is 2.71 bits per heavy atom. The molecule has 0 aliphatic heterocycles. The Balaban J connectivity index is 3.10. The Morgan fingerprint density at radius 1 is 1.50 bits per heavy atom. The van der Waals surface area contributed by atoms with Crippen LogP contribution in [0.15, 0.2) is 21.5 Å². The lowest BCUT2D eigenvalue weighted by Gasteiger charge is -2.10. The smallest absolute Gasteiger partial charge is 0.146 e. The zero-order valence-electron chi connectivity index (χ0n) is 8.21. The highest BCUT2D eigenvalue weighted by Gasteiger charge is 2.08. The van der Waals surface area contributed by atoms with Crippen LogP contribution in [0.3, 0.4) is 0 Å². The molecule has 0 atom stereocenters. The van der Waals surface area contributed by atoms with Crippen molar-refractivity contribution in [3.8, 4) is 5.75 Å². The van der Waals surface area contributed by atoms with Crippen molar-refractivity contribution in [2.45, 2.75) is 11.3 Å². The van der Waals surface area contributed by atoms with E-state index in [4.69, 9.17) is 9.84 Å². The van der Waals surface area contributed by atoms with E-state index >= 15 is 0 Å². The molecule has 0 spiro atoms. The van der Waals surface area contributed by atoms with Crippen LogP contribution in [0.1, 0.15) is 5.56 Å². The van der Waals surface area contributed by atoms with Crippen molar-refractivity contribution in [3.63, 3.8) is 0 Å². The lowest BCUT2D eigenvalue weighted by Crippen LogP contribution is -1.94. The lowest BCUT2D eigenvalue weighted by atomic mass is 10.1. The van der Waals surface area contributed by atoms with Gasteiger partial charge in [-0.2, -0.15) is 0 Å². The molecule has 0 bridgehead atoms. The number of halogens is 1. The Morgan fingerprint density at radius 2 is 2.21 bits per heavy atom. The van der Waals surface area contributed by atoms with E-state index in [0.29, 0.717) is 6.42 Å². The molecular weight excluding hydrogens is 264 g/mol. The number of ether oxygens (including phenoxy) is 1. The molecule has 0 unspecified atom stereocenters. The Bertz CT molecular complexity index is 315. The molecule has 1 aromatic rings. The molecule has 0 heterocycles. The Hall–Kier alpha value is -0.190. The van der Waals surface area contributed by atoms with Crippen molar-refractivity contribution in [1.29, 1.82) is 0 Å². The minimum atomic E-state index is 0.173. The third-order valence-corrected chi connectivity index (χ3v) is 3.23. The maximum absolute atomic E-state index is 8.85. The third kappa shape index (κ3) is 2.65. The molecule has 0 aromatic heterocycles. The first-order chi connectivity index (χ1) is 6.72. The van der Waals surface area contributed by atoms with E-state index in [1.54, 1.807) is 18.9 Å². The van der Waals surface area contributed by atoms with Crippen LogP contribution in [0.4, 0.5) is 0 Å². The molecular formula is C10H13BrO2S. The molecule has 2 nitrogen and oxygen atoms in total. The van der Waals surface area contributed by atoms with Crippen molar-refractivity contribution in [2.24, 2.45) is 0 Å². The minimum absolute atomic E-state index is 0.173. The topological polar surface area (TPSA) is 29.5 Å². The summed E-state index contributed by atoms with van der Waals surface area (Å²) in [6, 6.07) is 4.03. The molecule has 0 aliphatic rings. The summed E-state index contributed by atoms with van der Waals surface area (Å²) in [5, 5.41) is 8.85. The standard InChI is InChI=1S/C10H13BrO2S/c1-13-10-8(11)5-7(3-4-12)6-9(10)14-2/h5-6,12H,3-4H2,1-2H3. The molecule has 0 saturated carbocycles. The van der Waals surface area contributed by atoms with Gasteiger partial charge in [0.2, 0.25) is 0 Å². The number of thioether (sulfide) groups is 1. The maximum Gasteiger partial charge on any atom is 0.146 e. The normalized spacial score (nSPS) is 10.3. The molecule has 0 fully saturated rings. The quantitative estimate of drug-likeness (QED) is 0.858. The average molecular weight is 277 g/mol. The van der Waals surface area contributed by atoms with Crippen LogP contribution in [0, 0.1) is 0 Å². The van der Waals surface area contributed by atoms with E-state index in [-0.39, 0.29) is 6.61 Å². The van der Waals surface area contributed by atoms with Crippen LogP contribution < -0.4 is 4.74 Å². The summed E-state index contributed by atoms with van der Waals surface area (Å²) in [6.45, 7) is 0.173. The number of hydrogen-bond donors (Lipinski definition) is 1. The Labute approximate surface area is 96.8 Å². The van der Waals surface area contributed by atoms with Crippen LogP contribution in [0.5, 0.6) is 5.75 Å². The van der Waals surface area contributed by atoms with Crippen LogP contribution in [0.25, 0.3) is 0 Å². The monoisotopic (exact) mass is 276 g/mol. The van der Waals surface area contributed by atoms with Crippen LogP contribution in [0.2, 0.25) is 0 Å². The second-order valence-corrected chi connectivity index (χ2v) is 4.49. The van der Waals surface area contributed by atoms with Gasteiger partial charge in [-0.1, -0.05) is 0 Å². The van der Waals surface area contributed by atoms with Gasteiger partial charge in [-0.25, -0.2) is 0 Å². The molecule has 78 valence electrons. The second kappa shape index (κ2) is 5.63. The van der Waals surface area contributed by atoms with E-state index < -0.39 is 0 Å². The molecule has 1 rings (SSSR count). The molecule has 4 heteroatoms. The zero-order valence-corrected chi connectivity index (χ0v) is 10.6. The number of methoxy groups -OCH3 is 1. The van der Waals surface area contributed by atoms with Crippen LogP contribution in [-0.4, -0.2) is 25.1 Å². The second-order valence-electron chi connectivity index (χ2n) is 2.79. The first-order valence-corrected chi connectivity index (χ1v) is 6.26. The highest BCUT2D eigenvalue weighted by atomic mass is 79.9. The fourth-order valence-electron chi connectivity index (χ4n) is 1.24. The lowest BCUT2D eigenvalue weighted by molar-refractivity contribution is 0.299. The minimum Gasteiger partial charge on any atom is -0.494 e. The number of benzene rings is 1.